The van der Waals surface area contributed by atoms with Crippen molar-refractivity contribution in [3.63, 3.8) is 0 Å². The number of nitriles is 1. The summed E-state index contributed by atoms with van der Waals surface area (Å²) in [6.45, 7) is 0.797. The predicted octanol–water partition coefficient (Wildman–Crippen LogP) is 3.70. The molecule has 6 heteroatoms. The van der Waals surface area contributed by atoms with Gasteiger partial charge in [-0.05, 0) is 49.9 Å². The van der Waals surface area contributed by atoms with Gasteiger partial charge in [0.05, 0.1) is 5.56 Å². The van der Waals surface area contributed by atoms with Crippen LogP contribution < -0.4 is 4.74 Å². The molecule has 2 fully saturated rings. The number of rotatable bonds is 5. The Balaban J connectivity index is 1.43. The van der Waals surface area contributed by atoms with Crippen LogP contribution in [-0.4, -0.2) is 29.2 Å². The molecule has 0 bridgehead atoms. The Morgan fingerprint density at radius 1 is 1.21 bits per heavy atom. The normalized spacial score (nSPS) is 21.7. The first-order valence-electron chi connectivity index (χ1n) is 9.71. The first kappa shape index (κ1) is 18.3. The fourth-order valence-corrected chi connectivity index (χ4v) is 4.26. The number of ketones is 1. The average molecular weight is 378 g/mol. The van der Waals surface area contributed by atoms with E-state index in [1.54, 1.807) is 36.4 Å². The first-order valence-corrected chi connectivity index (χ1v) is 9.71. The van der Waals surface area contributed by atoms with Crippen molar-refractivity contribution in [2.24, 2.45) is 5.92 Å². The fraction of sp³-hybridized carbons (Fsp3) is 0.409. The van der Waals surface area contributed by atoms with Gasteiger partial charge in [0.2, 0.25) is 0 Å². The van der Waals surface area contributed by atoms with Crippen molar-refractivity contribution in [3.8, 4) is 11.8 Å². The van der Waals surface area contributed by atoms with E-state index in [2.05, 4.69) is 6.07 Å². The predicted molar refractivity (Wildman–Crippen MR) is 101 cm³/mol. The minimum atomic E-state index is -0.161. The van der Waals surface area contributed by atoms with E-state index in [1.807, 2.05) is 4.90 Å². The lowest BCUT2D eigenvalue weighted by molar-refractivity contribution is -0.121. The van der Waals surface area contributed by atoms with Crippen LogP contribution in [0.2, 0.25) is 0 Å². The molecule has 2 heterocycles. The van der Waals surface area contributed by atoms with E-state index in [1.165, 1.54) is 0 Å². The molecule has 1 aliphatic heterocycles. The van der Waals surface area contributed by atoms with Crippen LogP contribution in [0.5, 0.6) is 5.75 Å². The molecule has 0 spiro atoms. The van der Waals surface area contributed by atoms with Gasteiger partial charge in [-0.3, -0.25) is 9.59 Å². The Bertz CT molecular complexity index is 927. The second kappa shape index (κ2) is 7.89. The topological polar surface area (TPSA) is 83.5 Å². The molecule has 28 heavy (non-hydrogen) atoms. The van der Waals surface area contributed by atoms with Crippen molar-refractivity contribution in [3.05, 3.63) is 53.5 Å². The molecule has 1 amide bonds. The van der Waals surface area contributed by atoms with E-state index in [4.69, 9.17) is 14.4 Å². The van der Waals surface area contributed by atoms with Crippen LogP contribution in [0.1, 0.15) is 54.0 Å². The van der Waals surface area contributed by atoms with Gasteiger partial charge in [0.1, 0.15) is 30.0 Å². The van der Waals surface area contributed by atoms with Crippen molar-refractivity contribution in [2.75, 3.05) is 6.54 Å². The Morgan fingerprint density at radius 3 is 2.86 bits per heavy atom. The number of amides is 1. The molecule has 0 N–H and O–H groups in total. The van der Waals surface area contributed by atoms with Crippen molar-refractivity contribution in [1.82, 2.24) is 4.90 Å². The number of para-hydroxylation sites is 1. The largest absolute Gasteiger partial charge is 0.484 e. The Hall–Kier alpha value is -3.07. The zero-order valence-corrected chi connectivity index (χ0v) is 15.6. The van der Waals surface area contributed by atoms with Crippen molar-refractivity contribution in [2.45, 2.75) is 44.8 Å². The summed E-state index contributed by atoms with van der Waals surface area (Å²) in [6, 6.07) is 12.4. The number of carbonyl (C=O) groups is 2. The summed E-state index contributed by atoms with van der Waals surface area (Å²) < 4.78 is 11.4. The maximum absolute atomic E-state index is 12.9. The Kier molecular flexibility index (Phi) is 5.16. The van der Waals surface area contributed by atoms with Gasteiger partial charge in [0, 0.05) is 24.9 Å². The van der Waals surface area contributed by atoms with E-state index in [9.17, 15) is 9.59 Å². The molecule has 1 aromatic heterocycles. The summed E-state index contributed by atoms with van der Waals surface area (Å²) in [4.78, 5) is 26.9. The highest BCUT2D eigenvalue weighted by Crippen LogP contribution is 2.34. The minimum absolute atomic E-state index is 0.00481. The molecule has 1 aliphatic carbocycles. The highest BCUT2D eigenvalue weighted by molar-refractivity contribution is 5.93. The van der Waals surface area contributed by atoms with Crippen molar-refractivity contribution >= 4 is 11.7 Å². The number of ether oxygens (including phenoxy) is 1. The SMILES string of the molecule is N#Cc1ccccc1OCc1ccc(C(=O)N2CCCC2C2CCCC2=O)o1. The number of carbonyl (C=O) groups excluding carboxylic acids is 2. The zero-order chi connectivity index (χ0) is 19.5. The van der Waals surface area contributed by atoms with Crippen LogP contribution in [0, 0.1) is 17.2 Å². The van der Waals surface area contributed by atoms with Crippen LogP contribution in [0.25, 0.3) is 0 Å². The summed E-state index contributed by atoms with van der Waals surface area (Å²) in [5.74, 6) is 1.37. The van der Waals surface area contributed by atoms with E-state index >= 15 is 0 Å². The van der Waals surface area contributed by atoms with E-state index in [-0.39, 0.29) is 36.0 Å². The summed E-state index contributed by atoms with van der Waals surface area (Å²) in [5.41, 5.74) is 0.450. The summed E-state index contributed by atoms with van der Waals surface area (Å²) in [5, 5.41) is 9.12. The number of likely N-dealkylation sites (tertiary alicyclic amines) is 1. The molecule has 144 valence electrons. The smallest absolute Gasteiger partial charge is 0.289 e. The van der Waals surface area contributed by atoms with Gasteiger partial charge in [0.25, 0.3) is 5.91 Å². The number of hydrogen-bond acceptors (Lipinski definition) is 5. The van der Waals surface area contributed by atoms with Gasteiger partial charge in [-0.1, -0.05) is 12.1 Å². The summed E-state index contributed by atoms with van der Waals surface area (Å²) in [6.07, 6.45) is 4.23. The van der Waals surface area contributed by atoms with Crippen LogP contribution in [0.15, 0.2) is 40.8 Å². The number of hydrogen-bond donors (Lipinski definition) is 0. The number of benzene rings is 1. The third kappa shape index (κ3) is 3.53. The minimum Gasteiger partial charge on any atom is -0.484 e. The Labute approximate surface area is 163 Å². The molecule has 1 aromatic carbocycles. The van der Waals surface area contributed by atoms with Crippen LogP contribution in [0.4, 0.5) is 0 Å². The molecule has 4 rings (SSSR count). The van der Waals surface area contributed by atoms with Crippen LogP contribution in [0.3, 0.4) is 0 Å². The quantitative estimate of drug-likeness (QED) is 0.792. The van der Waals surface area contributed by atoms with E-state index in [0.717, 1.165) is 25.7 Å². The summed E-state index contributed by atoms with van der Waals surface area (Å²) in [7, 11) is 0. The lowest BCUT2D eigenvalue weighted by Crippen LogP contribution is -2.41. The first-order chi connectivity index (χ1) is 13.7. The van der Waals surface area contributed by atoms with Gasteiger partial charge in [-0.2, -0.15) is 5.26 Å². The van der Waals surface area contributed by atoms with Gasteiger partial charge >= 0.3 is 0 Å². The fourth-order valence-electron chi connectivity index (χ4n) is 4.26. The van der Waals surface area contributed by atoms with Crippen LogP contribution >= 0.6 is 0 Å². The van der Waals surface area contributed by atoms with Gasteiger partial charge in [0.15, 0.2) is 5.76 Å². The monoisotopic (exact) mass is 378 g/mol. The number of Topliss-reactive ketones (excluding diaryl/α,β-unsaturated/α-hetero) is 1. The standard InChI is InChI=1S/C22H22N2O4/c23-13-15-5-1-2-9-20(15)27-14-16-10-11-21(28-16)22(26)24-12-4-7-18(24)17-6-3-8-19(17)25/h1-2,5,9-11,17-18H,3-4,6-8,12,14H2. The van der Waals surface area contributed by atoms with E-state index < -0.39 is 0 Å². The van der Waals surface area contributed by atoms with Crippen molar-refractivity contribution in [1.29, 1.82) is 5.26 Å². The molecule has 2 aromatic rings. The number of furan rings is 1. The molecule has 1 saturated carbocycles. The highest BCUT2D eigenvalue weighted by Gasteiger charge is 2.40. The van der Waals surface area contributed by atoms with Crippen molar-refractivity contribution < 1.29 is 18.7 Å². The molecule has 1 saturated heterocycles. The van der Waals surface area contributed by atoms with Gasteiger partial charge < -0.3 is 14.1 Å². The third-order valence-electron chi connectivity index (χ3n) is 5.63. The molecule has 6 nitrogen and oxygen atoms in total. The molecule has 2 unspecified atom stereocenters. The zero-order valence-electron chi connectivity index (χ0n) is 15.6. The maximum atomic E-state index is 12.9. The maximum Gasteiger partial charge on any atom is 0.289 e. The van der Waals surface area contributed by atoms with Gasteiger partial charge in [-0.25, -0.2) is 0 Å². The lowest BCUT2D eigenvalue weighted by atomic mass is 9.95. The van der Waals surface area contributed by atoms with E-state index in [0.29, 0.717) is 30.0 Å². The third-order valence-corrected chi connectivity index (χ3v) is 5.63. The molecular formula is C22H22N2O4. The van der Waals surface area contributed by atoms with Crippen LogP contribution in [-0.2, 0) is 11.4 Å². The molecule has 0 radical (unpaired) electrons. The average Bonchev–Trinajstić information content (AvgIpc) is 3.46. The lowest BCUT2D eigenvalue weighted by Gasteiger charge is -2.27. The number of nitrogens with zero attached hydrogens (tertiary/aromatic N) is 2. The second-order valence-corrected chi connectivity index (χ2v) is 7.34. The van der Waals surface area contributed by atoms with Gasteiger partial charge in [-0.15, -0.1) is 0 Å². The molecular weight excluding hydrogens is 356 g/mol. The molecule has 2 atom stereocenters. The second-order valence-electron chi connectivity index (χ2n) is 7.34. The Morgan fingerprint density at radius 2 is 2.07 bits per heavy atom. The molecule has 2 aliphatic rings. The summed E-state index contributed by atoms with van der Waals surface area (Å²) >= 11 is 0. The highest BCUT2D eigenvalue weighted by atomic mass is 16.5.